The Morgan fingerprint density at radius 2 is 1.25 bits per heavy atom. The first kappa shape index (κ1) is 19.7. The van der Waals surface area contributed by atoms with Gasteiger partial charge in [-0.05, 0) is 13.0 Å². The summed E-state index contributed by atoms with van der Waals surface area (Å²) in [6.45, 7) is 9.26. The van der Waals surface area contributed by atoms with Crippen molar-refractivity contribution in [1.82, 2.24) is 0 Å². The minimum atomic E-state index is -1.25. The van der Waals surface area contributed by atoms with Crippen LogP contribution in [0.25, 0.3) is 0 Å². The van der Waals surface area contributed by atoms with E-state index in [1.165, 1.54) is 56.7 Å². The number of carbonyl (C=O) groups is 1. The lowest BCUT2D eigenvalue weighted by atomic mass is 10.4. The van der Waals surface area contributed by atoms with E-state index in [4.69, 9.17) is 4.74 Å². The van der Waals surface area contributed by atoms with E-state index in [-0.39, 0.29) is 5.97 Å². The Kier molecular flexibility index (Phi) is 12.2. The molecule has 0 saturated carbocycles. The zero-order valence-electron chi connectivity index (χ0n) is 14.3. The van der Waals surface area contributed by atoms with Gasteiger partial charge in [0.25, 0.3) is 0 Å². The molecule has 0 aromatic heterocycles. The smallest absolute Gasteiger partial charge is 0.305 e. The van der Waals surface area contributed by atoms with Gasteiger partial charge >= 0.3 is 5.97 Å². The maximum atomic E-state index is 11.7. The molecule has 0 aromatic rings. The third kappa shape index (κ3) is 8.78. The molecule has 20 heavy (non-hydrogen) atoms. The molecule has 2 nitrogen and oxygen atoms in total. The molecule has 0 heterocycles. The predicted octanol–water partition coefficient (Wildman–Crippen LogP) is 5.79. The van der Waals surface area contributed by atoms with Crippen molar-refractivity contribution in [2.24, 2.45) is 0 Å². The third-order valence-corrected chi connectivity index (χ3v) is 9.90. The van der Waals surface area contributed by atoms with Crippen LogP contribution in [-0.2, 0) is 9.53 Å². The third-order valence-electron chi connectivity index (χ3n) is 4.35. The molecule has 120 valence electrons. The van der Waals surface area contributed by atoms with Gasteiger partial charge in [-0.25, -0.2) is 0 Å². The molecular formula is C17H36O2Si. The van der Waals surface area contributed by atoms with Crippen molar-refractivity contribution in [3.63, 3.8) is 0 Å². The van der Waals surface area contributed by atoms with E-state index in [9.17, 15) is 4.79 Å². The van der Waals surface area contributed by atoms with E-state index in [2.05, 4.69) is 20.8 Å². The van der Waals surface area contributed by atoms with E-state index >= 15 is 0 Å². The lowest BCUT2D eigenvalue weighted by Gasteiger charge is -2.32. The average molecular weight is 301 g/mol. The summed E-state index contributed by atoms with van der Waals surface area (Å²) in [6.07, 6.45) is 8.57. The van der Waals surface area contributed by atoms with Crippen LogP contribution in [0.5, 0.6) is 0 Å². The molecule has 0 aliphatic carbocycles. The molecule has 0 N–H and O–H groups in total. The molecule has 0 amide bonds. The minimum Gasteiger partial charge on any atom is -0.466 e. The van der Waals surface area contributed by atoms with E-state index in [1.807, 2.05) is 6.92 Å². The van der Waals surface area contributed by atoms with Gasteiger partial charge in [0.2, 0.25) is 0 Å². The number of ether oxygens (including phenoxy) is 1. The molecule has 0 aromatic carbocycles. The molecule has 0 rings (SSSR count). The molecule has 0 atom stereocenters. The highest BCUT2D eigenvalue weighted by atomic mass is 28.3. The number of esters is 1. The van der Waals surface area contributed by atoms with E-state index < -0.39 is 8.07 Å². The van der Waals surface area contributed by atoms with Gasteiger partial charge in [-0.3, -0.25) is 4.79 Å². The summed E-state index contributed by atoms with van der Waals surface area (Å²) in [4.78, 5) is 11.7. The molecular weight excluding hydrogens is 264 g/mol. The number of rotatable bonds is 13. The molecule has 0 spiro atoms. The highest BCUT2D eigenvalue weighted by Gasteiger charge is 2.31. The first-order chi connectivity index (χ1) is 9.64. The standard InChI is InChI=1S/C17H36O2Si/c1-5-9-13-20(14-10-6-2,15-11-7-3)16-12-17(18)19-8-4/h5-16H2,1-4H3. The Balaban J connectivity index is 4.60. The first-order valence-corrected chi connectivity index (χ1v) is 11.6. The van der Waals surface area contributed by atoms with Gasteiger partial charge in [-0.1, -0.05) is 77.4 Å². The van der Waals surface area contributed by atoms with Crippen LogP contribution in [0.3, 0.4) is 0 Å². The molecule has 0 radical (unpaired) electrons. The number of carbonyl (C=O) groups excluding carboxylic acids is 1. The van der Waals surface area contributed by atoms with Gasteiger partial charge in [0.05, 0.1) is 14.7 Å². The highest BCUT2D eigenvalue weighted by molar-refractivity contribution is 6.80. The maximum absolute atomic E-state index is 11.7. The average Bonchev–Trinajstić information content (AvgIpc) is 2.46. The first-order valence-electron chi connectivity index (χ1n) is 8.79. The summed E-state index contributed by atoms with van der Waals surface area (Å²) < 4.78 is 5.13. The van der Waals surface area contributed by atoms with Crippen molar-refractivity contribution in [3.05, 3.63) is 0 Å². The normalized spacial score (nSPS) is 11.6. The zero-order valence-corrected chi connectivity index (χ0v) is 15.3. The summed E-state index contributed by atoms with van der Waals surface area (Å²) in [7, 11) is -1.25. The van der Waals surface area contributed by atoms with Crippen LogP contribution in [-0.4, -0.2) is 20.7 Å². The van der Waals surface area contributed by atoms with Crippen LogP contribution >= 0.6 is 0 Å². The molecule has 0 bridgehead atoms. The molecule has 0 aliphatic rings. The Morgan fingerprint density at radius 1 is 0.800 bits per heavy atom. The summed E-state index contributed by atoms with van der Waals surface area (Å²) in [6, 6.07) is 5.42. The van der Waals surface area contributed by atoms with Crippen LogP contribution in [0.2, 0.25) is 24.2 Å². The summed E-state index contributed by atoms with van der Waals surface area (Å²) >= 11 is 0. The van der Waals surface area contributed by atoms with Crippen LogP contribution in [0.4, 0.5) is 0 Å². The van der Waals surface area contributed by atoms with E-state index in [0.717, 1.165) is 6.04 Å². The lowest BCUT2D eigenvalue weighted by molar-refractivity contribution is -0.142. The second kappa shape index (κ2) is 12.4. The predicted molar refractivity (Wildman–Crippen MR) is 91.0 cm³/mol. The van der Waals surface area contributed by atoms with Crippen LogP contribution in [0.1, 0.15) is 72.6 Å². The van der Waals surface area contributed by atoms with Gasteiger partial charge < -0.3 is 4.74 Å². The van der Waals surface area contributed by atoms with Crippen LogP contribution in [0.15, 0.2) is 0 Å². The fourth-order valence-corrected chi connectivity index (χ4v) is 8.55. The van der Waals surface area contributed by atoms with Crippen molar-refractivity contribution in [3.8, 4) is 0 Å². The molecule has 0 fully saturated rings. The fourth-order valence-electron chi connectivity index (χ4n) is 3.01. The Hall–Kier alpha value is -0.313. The zero-order chi connectivity index (χ0) is 15.3. The molecule has 0 saturated heterocycles. The topological polar surface area (TPSA) is 26.3 Å². The van der Waals surface area contributed by atoms with Crippen LogP contribution < -0.4 is 0 Å². The highest BCUT2D eigenvalue weighted by Crippen LogP contribution is 2.33. The van der Waals surface area contributed by atoms with Gasteiger partial charge in [0.15, 0.2) is 0 Å². The second-order valence-corrected chi connectivity index (χ2v) is 11.1. The number of unbranched alkanes of at least 4 members (excludes halogenated alkanes) is 3. The van der Waals surface area contributed by atoms with Crippen molar-refractivity contribution in [2.75, 3.05) is 6.61 Å². The SMILES string of the molecule is CCCC[Si](CCCC)(CCCC)CCC(=O)OCC. The Morgan fingerprint density at radius 3 is 1.60 bits per heavy atom. The van der Waals surface area contributed by atoms with Gasteiger partial charge in [-0.15, -0.1) is 0 Å². The monoisotopic (exact) mass is 300 g/mol. The summed E-state index contributed by atoms with van der Waals surface area (Å²) in [5.74, 6) is 0.0221. The quantitative estimate of drug-likeness (QED) is 0.318. The molecule has 0 aliphatic heterocycles. The van der Waals surface area contributed by atoms with E-state index in [0.29, 0.717) is 13.0 Å². The summed E-state index contributed by atoms with van der Waals surface area (Å²) in [5, 5.41) is 0. The Bertz CT molecular complexity index is 219. The Labute approximate surface area is 127 Å². The number of hydrogen-bond acceptors (Lipinski definition) is 2. The van der Waals surface area contributed by atoms with Gasteiger partial charge in [0.1, 0.15) is 0 Å². The van der Waals surface area contributed by atoms with Gasteiger partial charge in [0, 0.05) is 6.42 Å². The van der Waals surface area contributed by atoms with Crippen molar-refractivity contribution >= 4 is 14.0 Å². The van der Waals surface area contributed by atoms with Crippen molar-refractivity contribution in [2.45, 2.75) is 96.8 Å². The van der Waals surface area contributed by atoms with Crippen LogP contribution in [0, 0.1) is 0 Å². The van der Waals surface area contributed by atoms with Gasteiger partial charge in [-0.2, -0.15) is 0 Å². The second-order valence-electron chi connectivity index (χ2n) is 6.12. The largest absolute Gasteiger partial charge is 0.466 e. The van der Waals surface area contributed by atoms with E-state index in [1.54, 1.807) is 0 Å². The minimum absolute atomic E-state index is 0.0221. The van der Waals surface area contributed by atoms with Crippen molar-refractivity contribution in [1.29, 1.82) is 0 Å². The molecule has 0 unspecified atom stereocenters. The number of hydrogen-bond donors (Lipinski definition) is 0. The maximum Gasteiger partial charge on any atom is 0.305 e. The lowest BCUT2D eigenvalue weighted by Crippen LogP contribution is -2.34. The summed E-state index contributed by atoms with van der Waals surface area (Å²) in [5.41, 5.74) is 0. The van der Waals surface area contributed by atoms with Crippen molar-refractivity contribution < 1.29 is 9.53 Å². The fraction of sp³-hybridized carbons (Fsp3) is 0.941. The molecule has 3 heteroatoms.